The Kier molecular flexibility index (Phi) is 6.85. The normalized spacial score (nSPS) is 16.4. The number of likely N-dealkylation sites (tertiary alicyclic amines) is 1. The number of aryl methyl sites for hydroxylation is 2. The highest BCUT2D eigenvalue weighted by Crippen LogP contribution is 2.24. The molecule has 3 rings (SSSR count). The molecule has 0 aromatic carbocycles. The van der Waals surface area contributed by atoms with Crippen molar-refractivity contribution in [3.05, 3.63) is 23.7 Å². The molecule has 1 aliphatic rings. The van der Waals surface area contributed by atoms with Gasteiger partial charge in [0.05, 0.1) is 24.7 Å². The third-order valence-electron chi connectivity index (χ3n) is 4.85. The molecular weight excluding hydrogens is 414 g/mol. The molecule has 3 heterocycles. The number of aromatic nitrogens is 4. The lowest BCUT2D eigenvalue weighted by Crippen LogP contribution is -2.47. The van der Waals surface area contributed by atoms with Gasteiger partial charge in [0.2, 0.25) is 5.95 Å². The van der Waals surface area contributed by atoms with Gasteiger partial charge in [-0.15, -0.1) is 0 Å². The summed E-state index contributed by atoms with van der Waals surface area (Å²) in [6.07, 6.45) is 4.75. The predicted octanol–water partition coefficient (Wildman–Crippen LogP) is 2.86. The second-order valence-electron chi connectivity index (χ2n) is 8.79. The van der Waals surface area contributed by atoms with Gasteiger partial charge in [-0.3, -0.25) is 4.68 Å². The predicted molar refractivity (Wildman–Crippen MR) is 119 cm³/mol. The molecule has 1 unspecified atom stereocenters. The minimum absolute atomic E-state index is 0.0501. The van der Waals surface area contributed by atoms with Crippen LogP contribution in [0.25, 0.3) is 0 Å². The first-order valence-electron chi connectivity index (χ1n) is 10.5. The SMILES string of the molecule is COC(=O)c1c(C)nc(NC2CCCN(C(=O)OC(C)(C)C)C2)nc1Nc1cnn(C)c1. The number of rotatable bonds is 5. The number of nitrogens with zero attached hydrogens (tertiary/aromatic N) is 5. The molecule has 11 heteroatoms. The summed E-state index contributed by atoms with van der Waals surface area (Å²) in [5, 5.41) is 10.5. The summed E-state index contributed by atoms with van der Waals surface area (Å²) in [6, 6.07) is -0.0501. The van der Waals surface area contributed by atoms with Gasteiger partial charge in [0.1, 0.15) is 11.2 Å². The van der Waals surface area contributed by atoms with Gasteiger partial charge in [-0.1, -0.05) is 0 Å². The van der Waals surface area contributed by atoms with E-state index in [1.165, 1.54) is 7.11 Å². The number of esters is 1. The monoisotopic (exact) mass is 445 g/mol. The van der Waals surface area contributed by atoms with E-state index in [1.54, 1.807) is 35.9 Å². The Morgan fingerprint density at radius 1 is 1.25 bits per heavy atom. The van der Waals surface area contributed by atoms with E-state index in [0.717, 1.165) is 12.8 Å². The van der Waals surface area contributed by atoms with E-state index in [9.17, 15) is 9.59 Å². The van der Waals surface area contributed by atoms with E-state index in [2.05, 4.69) is 25.7 Å². The number of ether oxygens (including phenoxy) is 2. The van der Waals surface area contributed by atoms with E-state index in [0.29, 0.717) is 36.2 Å². The first kappa shape index (κ1) is 23.3. The molecule has 2 N–H and O–H groups in total. The van der Waals surface area contributed by atoms with Crippen molar-refractivity contribution < 1.29 is 19.1 Å². The van der Waals surface area contributed by atoms with Crippen LogP contribution in [-0.2, 0) is 16.5 Å². The van der Waals surface area contributed by atoms with Crippen LogP contribution in [0.1, 0.15) is 49.7 Å². The molecule has 1 amide bonds. The number of nitrogens with one attached hydrogen (secondary N) is 2. The van der Waals surface area contributed by atoms with Gasteiger partial charge in [0, 0.05) is 32.4 Å². The zero-order valence-electron chi connectivity index (χ0n) is 19.4. The molecule has 0 spiro atoms. The molecule has 2 aromatic heterocycles. The summed E-state index contributed by atoms with van der Waals surface area (Å²) in [6.45, 7) is 8.38. The summed E-state index contributed by atoms with van der Waals surface area (Å²) >= 11 is 0. The minimum Gasteiger partial charge on any atom is -0.465 e. The Hall–Kier alpha value is -3.37. The van der Waals surface area contributed by atoms with Crippen molar-refractivity contribution in [1.29, 1.82) is 0 Å². The van der Waals surface area contributed by atoms with Gasteiger partial charge in [-0.25, -0.2) is 14.6 Å². The highest BCUT2D eigenvalue weighted by atomic mass is 16.6. The molecule has 32 heavy (non-hydrogen) atoms. The van der Waals surface area contributed by atoms with Gasteiger partial charge >= 0.3 is 12.1 Å². The number of carbonyl (C=O) groups excluding carboxylic acids is 2. The number of carbonyl (C=O) groups is 2. The molecule has 174 valence electrons. The lowest BCUT2D eigenvalue weighted by molar-refractivity contribution is 0.0206. The number of hydrogen-bond acceptors (Lipinski definition) is 9. The van der Waals surface area contributed by atoms with Crippen LogP contribution in [0, 0.1) is 6.92 Å². The number of anilines is 3. The highest BCUT2D eigenvalue weighted by Gasteiger charge is 2.28. The summed E-state index contributed by atoms with van der Waals surface area (Å²) in [7, 11) is 3.11. The molecule has 1 aliphatic heterocycles. The Bertz CT molecular complexity index is 983. The number of hydrogen-bond donors (Lipinski definition) is 2. The maximum absolute atomic E-state index is 12.5. The maximum atomic E-state index is 12.5. The van der Waals surface area contributed by atoms with Gasteiger partial charge in [0.25, 0.3) is 0 Å². The fraction of sp³-hybridized carbons (Fsp3) is 0.571. The Morgan fingerprint density at radius 3 is 2.62 bits per heavy atom. The minimum atomic E-state index is -0.547. The van der Waals surface area contributed by atoms with E-state index < -0.39 is 11.6 Å². The smallest absolute Gasteiger partial charge is 0.410 e. The fourth-order valence-electron chi connectivity index (χ4n) is 3.47. The lowest BCUT2D eigenvalue weighted by Gasteiger charge is -2.34. The van der Waals surface area contributed by atoms with Gasteiger partial charge in [-0.05, 0) is 40.5 Å². The van der Waals surface area contributed by atoms with Gasteiger partial charge in [-0.2, -0.15) is 10.1 Å². The van der Waals surface area contributed by atoms with Crippen LogP contribution in [0.2, 0.25) is 0 Å². The number of piperidine rings is 1. The molecule has 0 saturated carbocycles. The molecule has 11 nitrogen and oxygen atoms in total. The first-order chi connectivity index (χ1) is 15.1. The summed E-state index contributed by atoms with van der Waals surface area (Å²) in [5.74, 6) is 0.145. The second-order valence-corrected chi connectivity index (χ2v) is 8.79. The van der Waals surface area contributed by atoms with Crippen LogP contribution in [0.5, 0.6) is 0 Å². The molecular formula is C21H31N7O4. The van der Waals surface area contributed by atoms with Crippen molar-refractivity contribution in [2.75, 3.05) is 30.8 Å². The summed E-state index contributed by atoms with van der Waals surface area (Å²) < 4.78 is 12.0. The van der Waals surface area contributed by atoms with Gasteiger partial charge in [0.15, 0.2) is 5.82 Å². The van der Waals surface area contributed by atoms with Crippen LogP contribution < -0.4 is 10.6 Å². The van der Waals surface area contributed by atoms with Crippen molar-refractivity contribution in [3.63, 3.8) is 0 Å². The Labute approximate surface area is 187 Å². The molecule has 2 aromatic rings. The van der Waals surface area contributed by atoms with Gasteiger partial charge < -0.3 is 25.0 Å². The molecule has 1 fully saturated rings. The van der Waals surface area contributed by atoms with E-state index >= 15 is 0 Å². The van der Waals surface area contributed by atoms with Crippen LogP contribution in [0.4, 0.5) is 22.2 Å². The number of amides is 1. The molecule has 1 atom stereocenters. The quantitative estimate of drug-likeness (QED) is 0.669. The van der Waals surface area contributed by atoms with Crippen molar-refractivity contribution in [2.45, 2.75) is 52.2 Å². The van der Waals surface area contributed by atoms with Crippen molar-refractivity contribution >= 4 is 29.5 Å². The summed E-state index contributed by atoms with van der Waals surface area (Å²) in [4.78, 5) is 35.5. The zero-order chi connectivity index (χ0) is 23.5. The van der Waals surface area contributed by atoms with E-state index in [-0.39, 0.29) is 17.7 Å². The Balaban J connectivity index is 1.80. The van der Waals surface area contributed by atoms with Crippen LogP contribution in [-0.4, -0.2) is 68.6 Å². The van der Waals surface area contributed by atoms with E-state index in [1.807, 2.05) is 20.8 Å². The first-order valence-corrected chi connectivity index (χ1v) is 10.5. The molecule has 0 aliphatic carbocycles. The second kappa shape index (κ2) is 9.41. The Morgan fingerprint density at radius 2 is 2.00 bits per heavy atom. The maximum Gasteiger partial charge on any atom is 0.410 e. The zero-order valence-corrected chi connectivity index (χ0v) is 19.4. The fourth-order valence-corrected chi connectivity index (χ4v) is 3.47. The molecule has 0 radical (unpaired) electrons. The van der Waals surface area contributed by atoms with E-state index in [4.69, 9.17) is 9.47 Å². The topological polar surface area (TPSA) is 124 Å². The van der Waals surface area contributed by atoms with Crippen LogP contribution in [0.3, 0.4) is 0 Å². The van der Waals surface area contributed by atoms with Crippen LogP contribution >= 0.6 is 0 Å². The van der Waals surface area contributed by atoms with Crippen molar-refractivity contribution in [3.8, 4) is 0 Å². The number of methoxy groups -OCH3 is 1. The van der Waals surface area contributed by atoms with Crippen LogP contribution in [0.15, 0.2) is 12.4 Å². The van der Waals surface area contributed by atoms with Crippen molar-refractivity contribution in [1.82, 2.24) is 24.6 Å². The average Bonchev–Trinajstić information content (AvgIpc) is 3.11. The molecule has 0 bridgehead atoms. The molecule has 1 saturated heterocycles. The summed E-state index contributed by atoms with van der Waals surface area (Å²) in [5.41, 5.74) is 0.853. The lowest BCUT2D eigenvalue weighted by atomic mass is 10.1. The third kappa shape index (κ3) is 5.86. The average molecular weight is 446 g/mol. The third-order valence-corrected chi connectivity index (χ3v) is 4.85. The van der Waals surface area contributed by atoms with Crippen molar-refractivity contribution in [2.24, 2.45) is 7.05 Å². The largest absolute Gasteiger partial charge is 0.465 e. The standard InChI is InChI=1S/C21H31N7O4/c1-13-16(18(29)31-6)17(24-15-10-22-27(5)11-15)26-19(23-13)25-14-8-7-9-28(12-14)20(30)32-21(2,3)4/h10-11,14H,7-9,12H2,1-6H3,(H2,23,24,25,26). The highest BCUT2D eigenvalue weighted by molar-refractivity contribution is 5.96.